The SMILES string of the molecule is CCOc1cccc2sc(N(Cc3ccccc3)C(=O)Cc3ccccc3Cl)nc12. The molecule has 0 unspecified atom stereocenters. The van der Waals surface area contributed by atoms with Gasteiger partial charge in [-0.05, 0) is 36.2 Å². The zero-order valence-electron chi connectivity index (χ0n) is 16.5. The number of thiazole rings is 1. The monoisotopic (exact) mass is 436 g/mol. The first kappa shape index (κ1) is 20.4. The van der Waals surface area contributed by atoms with Crippen LogP contribution in [0.15, 0.2) is 72.8 Å². The van der Waals surface area contributed by atoms with Crippen LogP contribution in [0.2, 0.25) is 5.02 Å². The lowest BCUT2D eigenvalue weighted by Crippen LogP contribution is -2.31. The van der Waals surface area contributed by atoms with Gasteiger partial charge in [0.15, 0.2) is 5.13 Å². The second kappa shape index (κ2) is 9.28. The van der Waals surface area contributed by atoms with Crippen LogP contribution in [0, 0.1) is 0 Å². The number of hydrogen-bond donors (Lipinski definition) is 0. The minimum atomic E-state index is -0.0519. The van der Waals surface area contributed by atoms with Crippen LogP contribution in [0.25, 0.3) is 10.2 Å². The molecule has 0 fully saturated rings. The van der Waals surface area contributed by atoms with Crippen molar-refractivity contribution in [2.45, 2.75) is 19.9 Å². The Balaban J connectivity index is 1.71. The van der Waals surface area contributed by atoms with E-state index in [4.69, 9.17) is 21.3 Å². The van der Waals surface area contributed by atoms with Crippen molar-refractivity contribution in [3.63, 3.8) is 0 Å². The van der Waals surface area contributed by atoms with Crippen molar-refractivity contribution in [1.29, 1.82) is 0 Å². The Morgan fingerprint density at radius 2 is 1.80 bits per heavy atom. The molecule has 1 heterocycles. The van der Waals surface area contributed by atoms with Crippen LogP contribution in [0.5, 0.6) is 5.75 Å². The number of fused-ring (bicyclic) bond motifs is 1. The van der Waals surface area contributed by atoms with E-state index in [1.807, 2.05) is 73.7 Å². The number of hydrogen-bond acceptors (Lipinski definition) is 4. The van der Waals surface area contributed by atoms with E-state index in [1.54, 1.807) is 11.0 Å². The fourth-order valence-corrected chi connectivity index (χ4v) is 4.43. The summed E-state index contributed by atoms with van der Waals surface area (Å²) in [5.74, 6) is 0.680. The van der Waals surface area contributed by atoms with Crippen LogP contribution in [0.1, 0.15) is 18.1 Å². The van der Waals surface area contributed by atoms with Crippen molar-refractivity contribution >= 4 is 44.2 Å². The van der Waals surface area contributed by atoms with E-state index in [-0.39, 0.29) is 12.3 Å². The number of carbonyl (C=O) groups excluding carboxylic acids is 1. The summed E-state index contributed by atoms with van der Waals surface area (Å²) >= 11 is 7.79. The van der Waals surface area contributed by atoms with Gasteiger partial charge >= 0.3 is 0 Å². The van der Waals surface area contributed by atoms with Crippen molar-refractivity contribution in [1.82, 2.24) is 4.98 Å². The molecule has 0 N–H and O–H groups in total. The van der Waals surface area contributed by atoms with Crippen LogP contribution in [0.3, 0.4) is 0 Å². The average molecular weight is 437 g/mol. The molecule has 0 saturated carbocycles. The second-order valence-corrected chi connectivity index (χ2v) is 8.18. The molecule has 6 heteroatoms. The van der Waals surface area contributed by atoms with Crippen LogP contribution >= 0.6 is 22.9 Å². The highest BCUT2D eigenvalue weighted by Crippen LogP contribution is 2.35. The summed E-state index contributed by atoms with van der Waals surface area (Å²) in [4.78, 5) is 19.9. The van der Waals surface area contributed by atoms with Crippen molar-refractivity contribution in [2.75, 3.05) is 11.5 Å². The molecule has 4 rings (SSSR count). The zero-order chi connectivity index (χ0) is 20.9. The summed E-state index contributed by atoms with van der Waals surface area (Å²) < 4.78 is 6.71. The standard InChI is InChI=1S/C24H21ClN2O2S/c1-2-29-20-13-8-14-21-23(20)26-24(30-21)27(16-17-9-4-3-5-10-17)22(28)15-18-11-6-7-12-19(18)25/h3-14H,2,15-16H2,1H3. The molecule has 1 amide bonds. The predicted molar refractivity (Wildman–Crippen MR) is 124 cm³/mol. The number of rotatable bonds is 7. The lowest BCUT2D eigenvalue weighted by atomic mass is 10.1. The number of para-hydroxylation sites is 1. The summed E-state index contributed by atoms with van der Waals surface area (Å²) in [5.41, 5.74) is 2.62. The molecule has 0 saturated heterocycles. The minimum Gasteiger partial charge on any atom is -0.492 e. The van der Waals surface area contributed by atoms with Gasteiger partial charge in [-0.1, -0.05) is 77.5 Å². The summed E-state index contributed by atoms with van der Waals surface area (Å²) in [5, 5.41) is 1.24. The molecular formula is C24H21ClN2O2S. The number of aromatic nitrogens is 1. The quantitative estimate of drug-likeness (QED) is 0.350. The van der Waals surface area contributed by atoms with Crippen molar-refractivity contribution < 1.29 is 9.53 Å². The van der Waals surface area contributed by atoms with Crippen molar-refractivity contribution in [2.24, 2.45) is 0 Å². The number of amides is 1. The molecule has 4 aromatic rings. The van der Waals surface area contributed by atoms with Gasteiger partial charge in [0.25, 0.3) is 0 Å². The van der Waals surface area contributed by atoms with E-state index in [9.17, 15) is 4.79 Å². The van der Waals surface area contributed by atoms with Gasteiger partial charge in [0.05, 0.1) is 24.3 Å². The van der Waals surface area contributed by atoms with Gasteiger partial charge < -0.3 is 4.74 Å². The molecule has 3 aromatic carbocycles. The van der Waals surface area contributed by atoms with E-state index in [0.29, 0.717) is 23.3 Å². The number of nitrogens with zero attached hydrogens (tertiary/aromatic N) is 2. The van der Waals surface area contributed by atoms with Crippen LogP contribution in [0.4, 0.5) is 5.13 Å². The van der Waals surface area contributed by atoms with Gasteiger partial charge in [-0.3, -0.25) is 9.69 Å². The molecule has 152 valence electrons. The van der Waals surface area contributed by atoms with Gasteiger partial charge in [0, 0.05) is 5.02 Å². The molecule has 30 heavy (non-hydrogen) atoms. The molecule has 0 aliphatic rings. The lowest BCUT2D eigenvalue weighted by molar-refractivity contribution is -0.118. The normalized spacial score (nSPS) is 10.9. The van der Waals surface area contributed by atoms with Crippen LogP contribution in [-0.2, 0) is 17.8 Å². The number of anilines is 1. The molecule has 0 atom stereocenters. The first-order valence-corrected chi connectivity index (χ1v) is 10.9. The summed E-state index contributed by atoms with van der Waals surface area (Å²) in [6.45, 7) is 2.94. The Morgan fingerprint density at radius 3 is 2.57 bits per heavy atom. The van der Waals surface area contributed by atoms with Gasteiger partial charge in [-0.15, -0.1) is 0 Å². The number of halogens is 1. The highest BCUT2D eigenvalue weighted by atomic mass is 35.5. The zero-order valence-corrected chi connectivity index (χ0v) is 18.1. The lowest BCUT2D eigenvalue weighted by Gasteiger charge is -2.20. The van der Waals surface area contributed by atoms with E-state index in [2.05, 4.69) is 0 Å². The largest absolute Gasteiger partial charge is 0.492 e. The number of carbonyl (C=O) groups is 1. The maximum atomic E-state index is 13.4. The maximum absolute atomic E-state index is 13.4. The van der Waals surface area contributed by atoms with Crippen LogP contribution in [-0.4, -0.2) is 17.5 Å². The topological polar surface area (TPSA) is 42.4 Å². The van der Waals surface area contributed by atoms with Gasteiger partial charge in [-0.2, -0.15) is 0 Å². The second-order valence-electron chi connectivity index (χ2n) is 6.77. The average Bonchev–Trinajstić information content (AvgIpc) is 3.19. The van der Waals surface area contributed by atoms with E-state index < -0.39 is 0 Å². The van der Waals surface area contributed by atoms with Gasteiger partial charge in [-0.25, -0.2) is 4.98 Å². The third kappa shape index (κ3) is 4.48. The van der Waals surface area contributed by atoms with Gasteiger partial charge in [0.2, 0.25) is 5.91 Å². The molecule has 0 bridgehead atoms. The van der Waals surface area contributed by atoms with Crippen molar-refractivity contribution in [3.05, 3.63) is 88.9 Å². The number of benzene rings is 3. The maximum Gasteiger partial charge on any atom is 0.233 e. The first-order chi connectivity index (χ1) is 14.7. The first-order valence-electron chi connectivity index (χ1n) is 9.75. The fourth-order valence-electron chi connectivity index (χ4n) is 3.23. The third-order valence-corrected chi connectivity index (χ3v) is 6.10. The molecule has 0 radical (unpaired) electrons. The van der Waals surface area contributed by atoms with Crippen LogP contribution < -0.4 is 9.64 Å². The highest BCUT2D eigenvalue weighted by Gasteiger charge is 2.22. The highest BCUT2D eigenvalue weighted by molar-refractivity contribution is 7.22. The van der Waals surface area contributed by atoms with E-state index in [0.717, 1.165) is 27.1 Å². The Morgan fingerprint density at radius 1 is 1.03 bits per heavy atom. The molecular weight excluding hydrogens is 416 g/mol. The van der Waals surface area contributed by atoms with E-state index in [1.165, 1.54) is 11.3 Å². The third-order valence-electron chi connectivity index (χ3n) is 4.69. The molecule has 4 nitrogen and oxygen atoms in total. The molecule has 1 aromatic heterocycles. The smallest absolute Gasteiger partial charge is 0.233 e. The van der Waals surface area contributed by atoms with E-state index >= 15 is 0 Å². The summed E-state index contributed by atoms with van der Waals surface area (Å²) in [7, 11) is 0. The molecule has 0 spiro atoms. The molecule has 0 aliphatic heterocycles. The summed E-state index contributed by atoms with van der Waals surface area (Å²) in [6, 6.07) is 23.2. The Kier molecular flexibility index (Phi) is 6.31. The Labute approximate surface area is 184 Å². The van der Waals surface area contributed by atoms with Crippen molar-refractivity contribution in [3.8, 4) is 5.75 Å². The Bertz CT molecular complexity index is 1160. The predicted octanol–water partition coefficient (Wildman–Crippen LogP) is 6.12. The Hall–Kier alpha value is -2.89. The fraction of sp³-hybridized carbons (Fsp3) is 0.167. The molecule has 0 aliphatic carbocycles. The van der Waals surface area contributed by atoms with Gasteiger partial charge in [0.1, 0.15) is 11.3 Å². The minimum absolute atomic E-state index is 0.0519. The summed E-state index contributed by atoms with van der Waals surface area (Å²) in [6.07, 6.45) is 0.209. The number of ether oxygens (including phenoxy) is 1.